The van der Waals surface area contributed by atoms with Gasteiger partial charge in [-0.25, -0.2) is 4.79 Å². The van der Waals surface area contributed by atoms with Gasteiger partial charge in [-0.1, -0.05) is 35.9 Å². The van der Waals surface area contributed by atoms with Gasteiger partial charge in [0, 0.05) is 11.6 Å². The van der Waals surface area contributed by atoms with Crippen molar-refractivity contribution in [1.82, 2.24) is 5.32 Å². The molecule has 138 valence electrons. The number of carbonyl (C=O) groups excluding carboxylic acids is 1. The predicted octanol–water partition coefficient (Wildman–Crippen LogP) is 3.44. The fourth-order valence-electron chi connectivity index (χ4n) is 2.45. The summed E-state index contributed by atoms with van der Waals surface area (Å²) < 4.78 is 5.09. The van der Waals surface area contributed by atoms with Crippen molar-refractivity contribution in [3.8, 4) is 5.75 Å². The Morgan fingerprint density at radius 2 is 1.85 bits per heavy atom. The Hall–Kier alpha value is -2.53. The molecule has 0 saturated carbocycles. The van der Waals surface area contributed by atoms with Crippen molar-refractivity contribution in [3.05, 3.63) is 64.7 Å². The first-order valence-corrected chi connectivity index (χ1v) is 8.64. The van der Waals surface area contributed by atoms with Gasteiger partial charge in [0.15, 0.2) is 6.61 Å². The minimum atomic E-state index is -1.01. The van der Waals surface area contributed by atoms with Crippen LogP contribution in [-0.2, 0) is 21.4 Å². The molecule has 0 saturated heterocycles. The van der Waals surface area contributed by atoms with Gasteiger partial charge in [0.1, 0.15) is 5.75 Å². The summed E-state index contributed by atoms with van der Waals surface area (Å²) >= 11 is 6.02. The van der Waals surface area contributed by atoms with Crippen LogP contribution in [0.5, 0.6) is 5.75 Å². The van der Waals surface area contributed by atoms with Gasteiger partial charge in [-0.3, -0.25) is 4.79 Å². The number of carbonyl (C=O) groups is 2. The maximum atomic E-state index is 12.5. The lowest BCUT2D eigenvalue weighted by Gasteiger charge is -2.24. The Morgan fingerprint density at radius 1 is 1.15 bits per heavy atom. The zero-order valence-corrected chi connectivity index (χ0v) is 15.5. The third-order valence-corrected chi connectivity index (χ3v) is 4.33. The van der Waals surface area contributed by atoms with Gasteiger partial charge >= 0.3 is 5.97 Å². The highest BCUT2D eigenvalue weighted by molar-refractivity contribution is 6.30. The molecule has 0 aliphatic carbocycles. The molecule has 0 radical (unpaired) electrons. The predicted molar refractivity (Wildman–Crippen MR) is 101 cm³/mol. The van der Waals surface area contributed by atoms with Crippen molar-refractivity contribution < 1.29 is 19.4 Å². The van der Waals surface area contributed by atoms with E-state index in [1.54, 1.807) is 24.3 Å². The minimum Gasteiger partial charge on any atom is -0.482 e. The van der Waals surface area contributed by atoms with Crippen LogP contribution >= 0.6 is 11.6 Å². The van der Waals surface area contributed by atoms with E-state index in [2.05, 4.69) is 5.32 Å². The monoisotopic (exact) mass is 375 g/mol. The normalized spacial score (nSPS) is 11.0. The lowest BCUT2D eigenvalue weighted by Crippen LogP contribution is -2.40. The first-order chi connectivity index (χ1) is 12.3. The van der Waals surface area contributed by atoms with Gasteiger partial charge in [0.2, 0.25) is 5.91 Å². The second kappa shape index (κ2) is 8.72. The third kappa shape index (κ3) is 5.49. The molecule has 0 atom stereocenters. The molecule has 0 unspecified atom stereocenters. The molecule has 6 heteroatoms. The van der Waals surface area contributed by atoms with Crippen molar-refractivity contribution in [2.24, 2.45) is 0 Å². The molecule has 2 rings (SSSR count). The van der Waals surface area contributed by atoms with Crippen molar-refractivity contribution in [2.45, 2.75) is 25.7 Å². The van der Waals surface area contributed by atoms with Crippen LogP contribution in [0.4, 0.5) is 0 Å². The van der Waals surface area contributed by atoms with Crippen LogP contribution in [0.1, 0.15) is 25.0 Å². The SMILES string of the molecule is CC(C)(C(=O)NCCc1ccc(OCC(=O)O)cc1)c1cccc(Cl)c1. The van der Waals surface area contributed by atoms with E-state index in [-0.39, 0.29) is 12.5 Å². The number of ether oxygens (including phenoxy) is 1. The zero-order chi connectivity index (χ0) is 19.2. The van der Waals surface area contributed by atoms with Crippen molar-refractivity contribution in [2.75, 3.05) is 13.2 Å². The molecule has 0 aliphatic rings. The quantitative estimate of drug-likeness (QED) is 0.741. The van der Waals surface area contributed by atoms with Crippen LogP contribution in [0.2, 0.25) is 5.02 Å². The average molecular weight is 376 g/mol. The van der Waals surface area contributed by atoms with Crippen molar-refractivity contribution >= 4 is 23.5 Å². The number of benzene rings is 2. The molecule has 0 aliphatic heterocycles. The number of halogens is 1. The van der Waals surface area contributed by atoms with E-state index in [4.69, 9.17) is 21.4 Å². The molecule has 0 fully saturated rings. The summed E-state index contributed by atoms with van der Waals surface area (Å²) in [5.74, 6) is -0.581. The molecule has 26 heavy (non-hydrogen) atoms. The summed E-state index contributed by atoms with van der Waals surface area (Å²) in [5, 5.41) is 12.1. The number of carboxylic acids is 1. The zero-order valence-electron chi connectivity index (χ0n) is 14.8. The van der Waals surface area contributed by atoms with Crippen molar-refractivity contribution in [3.63, 3.8) is 0 Å². The van der Waals surface area contributed by atoms with E-state index in [9.17, 15) is 9.59 Å². The molecule has 0 spiro atoms. The molecule has 2 aromatic rings. The molecule has 2 N–H and O–H groups in total. The number of hydrogen-bond acceptors (Lipinski definition) is 3. The van der Waals surface area contributed by atoms with Crippen LogP contribution in [0, 0.1) is 0 Å². The van der Waals surface area contributed by atoms with Gasteiger partial charge in [0.05, 0.1) is 5.41 Å². The van der Waals surface area contributed by atoms with E-state index < -0.39 is 11.4 Å². The molecule has 1 amide bonds. The fourth-order valence-corrected chi connectivity index (χ4v) is 2.64. The number of aliphatic carboxylic acids is 1. The highest BCUT2D eigenvalue weighted by atomic mass is 35.5. The molecule has 0 bridgehead atoms. The number of amides is 1. The summed E-state index contributed by atoms with van der Waals surface area (Å²) in [6, 6.07) is 14.4. The standard InChI is InChI=1S/C20H22ClNO4/c1-20(2,15-4-3-5-16(21)12-15)19(25)22-11-10-14-6-8-17(9-7-14)26-13-18(23)24/h3-9,12H,10-11,13H2,1-2H3,(H,22,25)(H,23,24). The Bertz CT molecular complexity index is 772. The van der Waals surface area contributed by atoms with Gasteiger partial charge < -0.3 is 15.2 Å². The van der Waals surface area contributed by atoms with Gasteiger partial charge in [0.25, 0.3) is 0 Å². The van der Waals surface area contributed by atoms with Crippen LogP contribution in [0.25, 0.3) is 0 Å². The van der Waals surface area contributed by atoms with Crippen LogP contribution in [0.3, 0.4) is 0 Å². The maximum absolute atomic E-state index is 12.5. The maximum Gasteiger partial charge on any atom is 0.341 e. The van der Waals surface area contributed by atoms with Gasteiger partial charge in [-0.15, -0.1) is 0 Å². The Kier molecular flexibility index (Phi) is 6.64. The Morgan fingerprint density at radius 3 is 2.46 bits per heavy atom. The van der Waals surface area contributed by atoms with Gasteiger partial charge in [-0.2, -0.15) is 0 Å². The fraction of sp³-hybridized carbons (Fsp3) is 0.300. The lowest BCUT2D eigenvalue weighted by atomic mass is 9.83. The van der Waals surface area contributed by atoms with Crippen LogP contribution in [0.15, 0.2) is 48.5 Å². The number of hydrogen-bond donors (Lipinski definition) is 2. The molecule has 5 nitrogen and oxygen atoms in total. The first-order valence-electron chi connectivity index (χ1n) is 8.27. The number of rotatable bonds is 8. The van der Waals surface area contributed by atoms with E-state index in [0.29, 0.717) is 23.7 Å². The highest BCUT2D eigenvalue weighted by Crippen LogP contribution is 2.25. The van der Waals surface area contributed by atoms with Crippen LogP contribution in [-0.4, -0.2) is 30.1 Å². The van der Waals surface area contributed by atoms with Crippen LogP contribution < -0.4 is 10.1 Å². The number of nitrogens with one attached hydrogen (secondary N) is 1. The van der Waals surface area contributed by atoms with E-state index in [1.165, 1.54) is 0 Å². The number of carboxylic acid groups (broad SMARTS) is 1. The average Bonchev–Trinajstić information content (AvgIpc) is 2.61. The summed E-state index contributed by atoms with van der Waals surface area (Å²) in [4.78, 5) is 23.0. The van der Waals surface area contributed by atoms with Crippen molar-refractivity contribution in [1.29, 1.82) is 0 Å². The molecular formula is C20H22ClNO4. The smallest absolute Gasteiger partial charge is 0.341 e. The molecule has 0 aromatic heterocycles. The minimum absolute atomic E-state index is 0.0684. The van der Waals surface area contributed by atoms with Gasteiger partial charge in [-0.05, 0) is 55.7 Å². The third-order valence-electron chi connectivity index (χ3n) is 4.10. The Balaban J connectivity index is 1.86. The first kappa shape index (κ1) is 19.8. The summed E-state index contributed by atoms with van der Waals surface area (Å²) in [6.45, 7) is 3.86. The topological polar surface area (TPSA) is 75.6 Å². The van der Waals surface area contributed by atoms with E-state index >= 15 is 0 Å². The second-order valence-corrected chi connectivity index (χ2v) is 6.90. The largest absolute Gasteiger partial charge is 0.482 e. The summed E-state index contributed by atoms with van der Waals surface area (Å²) in [5.41, 5.74) is 1.20. The second-order valence-electron chi connectivity index (χ2n) is 6.47. The molecular weight excluding hydrogens is 354 g/mol. The lowest BCUT2D eigenvalue weighted by molar-refractivity contribution is -0.139. The highest BCUT2D eigenvalue weighted by Gasteiger charge is 2.29. The molecule has 0 heterocycles. The molecule has 2 aromatic carbocycles. The Labute approximate surface area is 157 Å². The summed E-state index contributed by atoms with van der Waals surface area (Å²) in [6.07, 6.45) is 0.663. The van der Waals surface area contributed by atoms with E-state index in [0.717, 1.165) is 11.1 Å². The summed E-state index contributed by atoms with van der Waals surface area (Å²) in [7, 11) is 0. The van der Waals surface area contributed by atoms with E-state index in [1.807, 2.05) is 38.1 Å².